The van der Waals surface area contributed by atoms with Crippen LogP contribution in [0.15, 0.2) is 54.0 Å². The van der Waals surface area contributed by atoms with Crippen molar-refractivity contribution in [1.29, 1.82) is 0 Å². The number of nitrogens with one attached hydrogen (secondary N) is 1. The van der Waals surface area contributed by atoms with Crippen molar-refractivity contribution >= 4 is 28.2 Å². The molecule has 8 heteroatoms. The minimum absolute atomic E-state index is 0.292. The molecule has 160 valence electrons. The number of rotatable bonds is 5. The number of benzene rings is 1. The summed E-state index contributed by atoms with van der Waals surface area (Å²) in [5, 5.41) is 6.34. The van der Waals surface area contributed by atoms with E-state index in [1.807, 2.05) is 23.6 Å². The zero-order valence-electron chi connectivity index (χ0n) is 17.0. The first-order valence-corrected chi connectivity index (χ1v) is 11.4. The van der Waals surface area contributed by atoms with Gasteiger partial charge in [-0.1, -0.05) is 18.2 Å². The van der Waals surface area contributed by atoms with Gasteiger partial charge >= 0.3 is 6.09 Å². The monoisotopic (exact) mass is 438 g/mol. The van der Waals surface area contributed by atoms with Crippen molar-refractivity contribution in [3.8, 4) is 11.4 Å². The molecule has 31 heavy (non-hydrogen) atoms. The van der Waals surface area contributed by atoms with Crippen molar-refractivity contribution in [2.24, 2.45) is 5.92 Å². The van der Waals surface area contributed by atoms with Crippen LogP contribution < -0.4 is 10.2 Å². The van der Waals surface area contributed by atoms with Crippen LogP contribution in [-0.4, -0.2) is 34.8 Å². The van der Waals surface area contributed by atoms with Gasteiger partial charge in [-0.2, -0.15) is 0 Å². The van der Waals surface area contributed by atoms with Crippen molar-refractivity contribution in [2.75, 3.05) is 23.3 Å². The molecule has 1 amide bonds. The predicted octanol–water partition coefficient (Wildman–Crippen LogP) is 5.34. The highest BCUT2D eigenvalue weighted by atomic mass is 32.1. The van der Waals surface area contributed by atoms with Crippen LogP contribution in [0, 0.1) is 11.7 Å². The minimum Gasteiger partial charge on any atom is -0.441 e. The lowest BCUT2D eigenvalue weighted by molar-refractivity contribution is 0.0148. The van der Waals surface area contributed by atoms with Gasteiger partial charge in [-0.05, 0) is 55.9 Å². The number of hydrogen-bond donors (Lipinski definition) is 1. The molecule has 3 heterocycles. The van der Waals surface area contributed by atoms with Gasteiger partial charge in [-0.3, -0.25) is 9.88 Å². The average molecular weight is 439 g/mol. The van der Waals surface area contributed by atoms with E-state index in [9.17, 15) is 9.18 Å². The van der Waals surface area contributed by atoms with Gasteiger partial charge in [0.05, 0.1) is 17.9 Å². The lowest BCUT2D eigenvalue weighted by Gasteiger charge is -2.35. The van der Waals surface area contributed by atoms with Gasteiger partial charge < -0.3 is 10.1 Å². The molecule has 1 aromatic carbocycles. The van der Waals surface area contributed by atoms with Gasteiger partial charge in [0.15, 0.2) is 5.13 Å². The molecule has 2 aliphatic rings. The number of carbonyl (C=O) groups excluding carboxylic acids is 1. The third-order valence-electron chi connectivity index (χ3n) is 6.10. The Hall–Kier alpha value is -3.00. The fourth-order valence-corrected chi connectivity index (χ4v) is 5.08. The molecule has 1 aliphatic heterocycles. The summed E-state index contributed by atoms with van der Waals surface area (Å²) in [4.78, 5) is 22.8. The number of anilines is 2. The Morgan fingerprint density at radius 3 is 2.74 bits per heavy atom. The maximum Gasteiger partial charge on any atom is 0.415 e. The summed E-state index contributed by atoms with van der Waals surface area (Å²) in [6.45, 7) is 1.24. The summed E-state index contributed by atoms with van der Waals surface area (Å²) in [7, 11) is 0. The SMILES string of the molecule is O=C1OC2(CCC(CNc3nc(-c4ccccn4)cs3)CC2)CN1c1ccccc1F. The Kier molecular flexibility index (Phi) is 5.31. The number of amides is 1. The Morgan fingerprint density at radius 2 is 1.97 bits per heavy atom. The van der Waals surface area contributed by atoms with E-state index in [-0.39, 0.29) is 0 Å². The summed E-state index contributed by atoms with van der Waals surface area (Å²) < 4.78 is 19.9. The third kappa shape index (κ3) is 4.12. The molecular formula is C23H23FN4O2S. The molecule has 0 radical (unpaired) electrons. The van der Waals surface area contributed by atoms with Crippen molar-refractivity contribution in [3.05, 3.63) is 59.9 Å². The van der Waals surface area contributed by atoms with Crippen LogP contribution in [0.4, 0.5) is 20.0 Å². The molecule has 0 atom stereocenters. The van der Waals surface area contributed by atoms with Crippen LogP contribution in [0.1, 0.15) is 25.7 Å². The van der Waals surface area contributed by atoms with E-state index in [0.29, 0.717) is 18.2 Å². The van der Waals surface area contributed by atoms with E-state index < -0.39 is 17.5 Å². The third-order valence-corrected chi connectivity index (χ3v) is 6.90. The second-order valence-electron chi connectivity index (χ2n) is 8.17. The predicted molar refractivity (Wildman–Crippen MR) is 119 cm³/mol. The minimum atomic E-state index is -0.511. The largest absolute Gasteiger partial charge is 0.441 e. The van der Waals surface area contributed by atoms with Crippen LogP contribution in [0.3, 0.4) is 0 Å². The molecular weight excluding hydrogens is 415 g/mol. The molecule has 2 aromatic heterocycles. The quantitative estimate of drug-likeness (QED) is 0.582. The molecule has 1 N–H and O–H groups in total. The van der Waals surface area contributed by atoms with Crippen molar-refractivity contribution in [2.45, 2.75) is 31.3 Å². The van der Waals surface area contributed by atoms with Crippen LogP contribution in [-0.2, 0) is 4.74 Å². The van der Waals surface area contributed by atoms with Gasteiger partial charge in [-0.15, -0.1) is 11.3 Å². The number of pyridine rings is 1. The highest BCUT2D eigenvalue weighted by molar-refractivity contribution is 7.14. The van der Waals surface area contributed by atoms with Gasteiger partial charge in [0.1, 0.15) is 17.1 Å². The summed E-state index contributed by atoms with van der Waals surface area (Å²) in [5.74, 6) is 0.0805. The molecule has 2 fully saturated rings. The van der Waals surface area contributed by atoms with Crippen molar-refractivity contribution in [1.82, 2.24) is 9.97 Å². The highest BCUT2D eigenvalue weighted by Crippen LogP contribution is 2.41. The Labute approximate surface area is 184 Å². The molecule has 6 nitrogen and oxygen atoms in total. The number of halogens is 1. The van der Waals surface area contributed by atoms with E-state index in [2.05, 4.69) is 15.3 Å². The van der Waals surface area contributed by atoms with E-state index >= 15 is 0 Å². The Morgan fingerprint density at radius 1 is 1.16 bits per heavy atom. The fourth-order valence-electron chi connectivity index (χ4n) is 4.37. The maximum absolute atomic E-state index is 14.1. The van der Waals surface area contributed by atoms with E-state index in [1.165, 1.54) is 11.0 Å². The number of carbonyl (C=O) groups is 1. The first-order valence-electron chi connectivity index (χ1n) is 10.5. The zero-order valence-corrected chi connectivity index (χ0v) is 17.8. The topological polar surface area (TPSA) is 67.3 Å². The first-order chi connectivity index (χ1) is 15.1. The first kappa shape index (κ1) is 19.9. The van der Waals surface area contributed by atoms with Crippen LogP contribution in [0.2, 0.25) is 0 Å². The van der Waals surface area contributed by atoms with Crippen LogP contribution >= 0.6 is 11.3 Å². The molecule has 5 rings (SSSR count). The molecule has 0 unspecified atom stereocenters. The smallest absolute Gasteiger partial charge is 0.415 e. The number of para-hydroxylation sites is 1. The van der Waals surface area contributed by atoms with Gasteiger partial charge in [0, 0.05) is 18.1 Å². The number of hydrogen-bond acceptors (Lipinski definition) is 6. The second kappa shape index (κ2) is 8.26. The summed E-state index contributed by atoms with van der Waals surface area (Å²) in [6.07, 6.45) is 4.78. The highest BCUT2D eigenvalue weighted by Gasteiger charge is 2.48. The number of nitrogens with zero attached hydrogens (tertiary/aromatic N) is 3. The number of aromatic nitrogens is 2. The number of thiazole rings is 1. The van der Waals surface area contributed by atoms with Gasteiger partial charge in [-0.25, -0.2) is 14.2 Å². The summed E-state index contributed by atoms with van der Waals surface area (Å²) >= 11 is 1.58. The molecule has 1 saturated carbocycles. The van der Waals surface area contributed by atoms with Crippen LogP contribution in [0.25, 0.3) is 11.4 Å². The maximum atomic E-state index is 14.1. The standard InChI is InChI=1S/C23H23FN4O2S/c24-17-5-1-2-7-20(17)28-15-23(30-22(28)29)10-8-16(9-11-23)13-26-21-27-19(14-31-21)18-6-3-4-12-25-18/h1-7,12,14,16H,8-11,13,15H2,(H,26,27). The van der Waals surface area contributed by atoms with Gasteiger partial charge in [0.2, 0.25) is 0 Å². The molecule has 1 aliphatic carbocycles. The van der Waals surface area contributed by atoms with E-state index in [0.717, 1.165) is 48.7 Å². The van der Waals surface area contributed by atoms with Gasteiger partial charge in [0.25, 0.3) is 0 Å². The number of ether oxygens (including phenoxy) is 1. The van der Waals surface area contributed by atoms with E-state index in [1.54, 1.807) is 35.7 Å². The van der Waals surface area contributed by atoms with E-state index in [4.69, 9.17) is 4.74 Å². The van der Waals surface area contributed by atoms with Crippen molar-refractivity contribution in [3.63, 3.8) is 0 Å². The molecule has 0 bridgehead atoms. The average Bonchev–Trinajstić information content (AvgIpc) is 3.39. The van der Waals surface area contributed by atoms with Crippen LogP contribution in [0.5, 0.6) is 0 Å². The zero-order chi connectivity index (χ0) is 21.3. The lowest BCUT2D eigenvalue weighted by atomic mass is 9.78. The summed E-state index contributed by atoms with van der Waals surface area (Å²) in [5.41, 5.74) is 1.53. The molecule has 1 spiro atoms. The molecule has 1 saturated heterocycles. The second-order valence-corrected chi connectivity index (χ2v) is 9.02. The van der Waals surface area contributed by atoms with Crippen molar-refractivity contribution < 1.29 is 13.9 Å². The fraction of sp³-hybridized carbons (Fsp3) is 0.348. The normalized spacial score (nSPS) is 23.2. The Bertz CT molecular complexity index is 1070. The molecule has 3 aromatic rings. The summed E-state index contributed by atoms with van der Waals surface area (Å²) in [6, 6.07) is 12.1. The lowest BCUT2D eigenvalue weighted by Crippen LogP contribution is -2.39. The Balaban J connectivity index is 1.16.